The van der Waals surface area contributed by atoms with Gasteiger partial charge >= 0.3 is 0 Å². The maximum Gasteiger partial charge on any atom is 0.0756 e. The molecule has 0 aliphatic carbocycles. The molecule has 3 N–H and O–H groups in total. The third-order valence-corrected chi connectivity index (χ3v) is 3.47. The molecule has 0 fully saturated rings. The summed E-state index contributed by atoms with van der Waals surface area (Å²) >= 11 is 17.8. The summed E-state index contributed by atoms with van der Waals surface area (Å²) in [6.07, 6.45) is -0.688. The van der Waals surface area contributed by atoms with Crippen molar-refractivity contribution >= 4 is 47.2 Å². The summed E-state index contributed by atoms with van der Waals surface area (Å²) in [5.41, 5.74) is 6.50. The van der Waals surface area contributed by atoms with Gasteiger partial charge in [0, 0.05) is 5.02 Å². The first-order valence-electron chi connectivity index (χ1n) is 4.92. The molecule has 0 radical (unpaired) electrons. The maximum atomic E-state index is 9.88. The number of aliphatic hydroxyl groups is 1. The molecule has 0 aliphatic heterocycles. The first-order chi connectivity index (χ1) is 7.34. The topological polar surface area (TPSA) is 46.2 Å². The van der Waals surface area contributed by atoms with E-state index in [9.17, 15) is 5.11 Å². The second-order valence-electron chi connectivity index (χ2n) is 4.05. The average molecular weight is 319 g/mol. The summed E-state index contributed by atoms with van der Waals surface area (Å²) < 4.78 is 0. The van der Waals surface area contributed by atoms with Crippen LogP contribution in [0.5, 0.6) is 0 Å². The molecule has 0 spiro atoms. The lowest BCUT2D eigenvalue weighted by atomic mass is 9.94. The Morgan fingerprint density at radius 1 is 1.18 bits per heavy atom. The van der Waals surface area contributed by atoms with Gasteiger partial charge in [0.2, 0.25) is 0 Å². The normalized spacial score (nSPS) is 14.4. The van der Waals surface area contributed by atoms with E-state index in [1.54, 1.807) is 12.1 Å². The number of benzene rings is 1. The predicted molar refractivity (Wildman–Crippen MR) is 76.5 cm³/mol. The Kier molecular flexibility index (Phi) is 7.15. The number of aliphatic hydroxyl groups excluding tert-OH is 1. The van der Waals surface area contributed by atoms with Crippen LogP contribution >= 0.6 is 47.2 Å². The fraction of sp³-hybridized carbons (Fsp3) is 0.455. The van der Waals surface area contributed by atoms with Crippen molar-refractivity contribution in [2.24, 2.45) is 11.7 Å². The number of hydrogen-bond donors (Lipinski definition) is 2. The second kappa shape index (κ2) is 7.03. The van der Waals surface area contributed by atoms with Crippen LogP contribution in [0.25, 0.3) is 0 Å². The smallest absolute Gasteiger partial charge is 0.0756 e. The fourth-order valence-corrected chi connectivity index (χ4v) is 2.16. The molecule has 0 saturated heterocycles. The minimum Gasteiger partial charge on any atom is -0.391 e. The minimum atomic E-state index is -0.688. The highest BCUT2D eigenvalue weighted by molar-refractivity contribution is 6.43. The third-order valence-electron chi connectivity index (χ3n) is 2.43. The fourth-order valence-electron chi connectivity index (χ4n) is 1.42. The first-order valence-corrected chi connectivity index (χ1v) is 6.06. The number of rotatable bonds is 3. The zero-order valence-electron chi connectivity index (χ0n) is 9.45. The zero-order valence-corrected chi connectivity index (χ0v) is 12.5. The van der Waals surface area contributed by atoms with E-state index in [2.05, 4.69) is 0 Å². The van der Waals surface area contributed by atoms with Gasteiger partial charge in [-0.05, 0) is 23.6 Å². The lowest BCUT2D eigenvalue weighted by molar-refractivity contribution is 0.0980. The van der Waals surface area contributed by atoms with Gasteiger partial charge in [0.1, 0.15) is 0 Å². The summed E-state index contributed by atoms with van der Waals surface area (Å²) in [5.74, 6) is 0.0313. The predicted octanol–water partition coefficient (Wildman–Crippen LogP) is 4.09. The molecule has 1 aromatic carbocycles. The van der Waals surface area contributed by atoms with Crippen molar-refractivity contribution in [3.05, 3.63) is 32.8 Å². The molecule has 17 heavy (non-hydrogen) atoms. The van der Waals surface area contributed by atoms with E-state index in [0.717, 1.165) is 0 Å². The van der Waals surface area contributed by atoms with Gasteiger partial charge in [-0.1, -0.05) is 48.7 Å². The van der Waals surface area contributed by atoms with E-state index in [1.165, 1.54) is 0 Å². The Morgan fingerprint density at radius 3 is 2.18 bits per heavy atom. The van der Waals surface area contributed by atoms with Gasteiger partial charge in [0.25, 0.3) is 0 Å². The van der Waals surface area contributed by atoms with Gasteiger partial charge in [-0.25, -0.2) is 0 Å². The molecule has 0 saturated carbocycles. The van der Waals surface area contributed by atoms with E-state index < -0.39 is 12.1 Å². The highest BCUT2D eigenvalue weighted by Crippen LogP contribution is 2.34. The second-order valence-corrected chi connectivity index (χ2v) is 5.27. The first kappa shape index (κ1) is 17.3. The molecule has 1 aromatic rings. The van der Waals surface area contributed by atoms with Crippen molar-refractivity contribution in [3.8, 4) is 0 Å². The van der Waals surface area contributed by atoms with Crippen LogP contribution in [-0.2, 0) is 0 Å². The summed E-state index contributed by atoms with van der Waals surface area (Å²) in [7, 11) is 0. The lowest BCUT2D eigenvalue weighted by Crippen LogP contribution is -2.30. The summed E-state index contributed by atoms with van der Waals surface area (Å²) in [4.78, 5) is 0. The Bertz CT molecular complexity index is 384. The molecule has 0 heterocycles. The van der Waals surface area contributed by atoms with E-state index in [4.69, 9.17) is 40.5 Å². The van der Waals surface area contributed by atoms with Crippen LogP contribution in [-0.4, -0.2) is 11.2 Å². The molecular weight excluding hydrogens is 304 g/mol. The molecule has 0 amide bonds. The van der Waals surface area contributed by atoms with Gasteiger partial charge in [-0.15, -0.1) is 12.4 Å². The molecule has 0 unspecified atom stereocenters. The highest BCUT2D eigenvalue weighted by atomic mass is 35.5. The summed E-state index contributed by atoms with van der Waals surface area (Å²) in [6, 6.07) is 2.58. The van der Waals surface area contributed by atoms with Gasteiger partial charge in [0.05, 0.1) is 22.2 Å². The van der Waals surface area contributed by atoms with E-state index in [-0.39, 0.29) is 18.3 Å². The van der Waals surface area contributed by atoms with Gasteiger partial charge in [-0.3, -0.25) is 0 Å². The van der Waals surface area contributed by atoms with Crippen molar-refractivity contribution in [1.29, 1.82) is 0 Å². The van der Waals surface area contributed by atoms with Crippen LogP contribution in [0.15, 0.2) is 12.1 Å². The third kappa shape index (κ3) is 4.16. The molecule has 0 bridgehead atoms. The van der Waals surface area contributed by atoms with Crippen LogP contribution in [0.3, 0.4) is 0 Å². The summed E-state index contributed by atoms with van der Waals surface area (Å²) in [6.45, 7) is 3.76. The summed E-state index contributed by atoms with van der Waals surface area (Å²) in [5, 5.41) is 11.0. The van der Waals surface area contributed by atoms with Gasteiger partial charge < -0.3 is 10.8 Å². The van der Waals surface area contributed by atoms with Crippen molar-refractivity contribution in [2.75, 3.05) is 0 Å². The van der Waals surface area contributed by atoms with Crippen molar-refractivity contribution in [1.82, 2.24) is 0 Å². The standard InChI is InChI=1S/C11H14Cl3NO.ClH/c1-5(2)11(16)10(15)7-3-6(12)4-8(13)9(7)14;/h3-5,10-11,16H,15H2,1-2H3;1H/t10-,11+;/m1./s1. The largest absolute Gasteiger partial charge is 0.391 e. The van der Waals surface area contributed by atoms with Crippen LogP contribution in [0.2, 0.25) is 15.1 Å². The van der Waals surface area contributed by atoms with Gasteiger partial charge in [-0.2, -0.15) is 0 Å². The van der Waals surface area contributed by atoms with Crippen LogP contribution in [0.4, 0.5) is 0 Å². The quantitative estimate of drug-likeness (QED) is 0.825. The Hall–Kier alpha value is 0.300. The van der Waals surface area contributed by atoms with Crippen molar-refractivity contribution < 1.29 is 5.11 Å². The molecule has 6 heteroatoms. The van der Waals surface area contributed by atoms with Crippen LogP contribution in [0, 0.1) is 5.92 Å². The average Bonchev–Trinajstić information content (AvgIpc) is 2.21. The Morgan fingerprint density at radius 2 is 1.71 bits per heavy atom. The number of hydrogen-bond acceptors (Lipinski definition) is 2. The molecule has 0 aliphatic rings. The number of nitrogens with two attached hydrogens (primary N) is 1. The van der Waals surface area contributed by atoms with Crippen molar-refractivity contribution in [2.45, 2.75) is 26.0 Å². The minimum absolute atomic E-state index is 0. The number of halogens is 4. The lowest BCUT2D eigenvalue weighted by Gasteiger charge is -2.23. The monoisotopic (exact) mass is 317 g/mol. The van der Waals surface area contributed by atoms with Crippen LogP contribution < -0.4 is 5.73 Å². The van der Waals surface area contributed by atoms with Crippen LogP contribution in [0.1, 0.15) is 25.5 Å². The highest BCUT2D eigenvalue weighted by Gasteiger charge is 2.23. The van der Waals surface area contributed by atoms with E-state index in [0.29, 0.717) is 20.6 Å². The molecular formula is C11H15Cl4NO. The zero-order chi connectivity index (χ0) is 12.5. The molecule has 1 rings (SSSR count). The SMILES string of the molecule is CC(C)[C@H](O)[C@H](N)c1cc(Cl)cc(Cl)c1Cl.Cl. The van der Waals surface area contributed by atoms with E-state index in [1.807, 2.05) is 13.8 Å². The molecule has 2 atom stereocenters. The Labute approximate surface area is 122 Å². The van der Waals surface area contributed by atoms with E-state index >= 15 is 0 Å². The molecule has 0 aromatic heterocycles. The Balaban J connectivity index is 0.00000256. The van der Waals surface area contributed by atoms with Gasteiger partial charge in [0.15, 0.2) is 0 Å². The molecule has 2 nitrogen and oxygen atoms in total. The van der Waals surface area contributed by atoms with Crippen molar-refractivity contribution in [3.63, 3.8) is 0 Å². The molecule has 98 valence electrons. The maximum absolute atomic E-state index is 9.88.